The van der Waals surface area contributed by atoms with Crippen LogP contribution >= 0.6 is 11.6 Å². The number of hydrogen-bond acceptors (Lipinski definition) is 2. The average Bonchev–Trinajstić information content (AvgIpc) is 2.13. The Hall–Kier alpha value is -1.23. The van der Waals surface area contributed by atoms with Gasteiger partial charge < -0.3 is 5.11 Å². The summed E-state index contributed by atoms with van der Waals surface area (Å²) in [6, 6.07) is 2.69. The monoisotopic (exact) mass is 235 g/mol. The first-order valence-electron chi connectivity index (χ1n) is 4.12. The minimum atomic E-state index is -2.77. The Morgan fingerprint density at radius 2 is 2.27 bits per heavy atom. The van der Waals surface area contributed by atoms with Gasteiger partial charge in [0.15, 0.2) is 0 Å². The summed E-state index contributed by atoms with van der Waals surface area (Å²) in [7, 11) is 0. The molecule has 0 spiro atoms. The van der Waals surface area contributed by atoms with Crippen molar-refractivity contribution >= 4 is 17.6 Å². The largest absolute Gasteiger partial charge is 0.481 e. The van der Waals surface area contributed by atoms with E-state index in [-0.39, 0.29) is 10.7 Å². The van der Waals surface area contributed by atoms with Gasteiger partial charge in [0, 0.05) is 11.2 Å². The first kappa shape index (κ1) is 11.8. The molecule has 0 radical (unpaired) electrons. The zero-order chi connectivity index (χ0) is 11.4. The summed E-state index contributed by atoms with van der Waals surface area (Å²) in [5, 5.41) is 8.73. The molecule has 0 fully saturated rings. The van der Waals surface area contributed by atoms with Gasteiger partial charge in [-0.1, -0.05) is 11.6 Å². The van der Waals surface area contributed by atoms with Gasteiger partial charge in [0.25, 0.3) is 0 Å². The van der Waals surface area contributed by atoms with E-state index >= 15 is 0 Å². The summed E-state index contributed by atoms with van der Waals surface area (Å²) in [4.78, 5) is 14.1. The first-order chi connectivity index (χ1) is 7.00. The van der Waals surface area contributed by atoms with Crippen LogP contribution in [0.5, 0.6) is 0 Å². The molecule has 1 atom stereocenters. The van der Waals surface area contributed by atoms with Crippen LogP contribution in [0.1, 0.15) is 18.0 Å². The van der Waals surface area contributed by atoms with Gasteiger partial charge in [-0.15, -0.1) is 0 Å². The molecule has 0 amide bonds. The van der Waals surface area contributed by atoms with Gasteiger partial charge in [0.05, 0.1) is 18.0 Å². The van der Waals surface area contributed by atoms with Crippen molar-refractivity contribution in [3.05, 3.63) is 29.0 Å². The van der Waals surface area contributed by atoms with Crippen LogP contribution in [-0.4, -0.2) is 22.5 Å². The van der Waals surface area contributed by atoms with Crippen LogP contribution < -0.4 is 0 Å². The lowest BCUT2D eigenvalue weighted by molar-refractivity contribution is -0.138. The van der Waals surface area contributed by atoms with Crippen LogP contribution in [-0.2, 0) is 4.79 Å². The number of nitrogens with zero attached hydrogens (tertiary/aromatic N) is 1. The number of carboxylic acids is 1. The molecule has 82 valence electrons. The average molecular weight is 236 g/mol. The normalized spacial score (nSPS) is 12.8. The highest BCUT2D eigenvalue weighted by Crippen LogP contribution is 2.26. The van der Waals surface area contributed by atoms with Gasteiger partial charge in [-0.05, 0) is 12.1 Å². The van der Waals surface area contributed by atoms with Crippen LogP contribution in [0, 0.1) is 0 Å². The number of carboxylic acid groups (broad SMARTS) is 1. The van der Waals surface area contributed by atoms with Crippen LogP contribution in [0.2, 0.25) is 5.02 Å². The zero-order valence-corrected chi connectivity index (χ0v) is 8.29. The molecule has 0 aromatic carbocycles. The molecule has 1 rings (SSSR count). The van der Waals surface area contributed by atoms with Gasteiger partial charge in [-0.3, -0.25) is 9.78 Å². The molecule has 0 aliphatic heterocycles. The molecule has 3 nitrogen and oxygen atoms in total. The molecule has 15 heavy (non-hydrogen) atoms. The van der Waals surface area contributed by atoms with Crippen molar-refractivity contribution in [3.8, 4) is 0 Å². The van der Waals surface area contributed by atoms with Crippen molar-refractivity contribution in [2.45, 2.75) is 18.8 Å². The molecular weight excluding hydrogens is 228 g/mol. The summed E-state index contributed by atoms with van der Waals surface area (Å²) in [5.41, 5.74) is -0.0000926. The van der Waals surface area contributed by atoms with Crippen molar-refractivity contribution in [3.63, 3.8) is 0 Å². The smallest absolute Gasteiger partial charge is 0.304 e. The lowest BCUT2D eigenvalue weighted by Crippen LogP contribution is -2.15. The highest BCUT2D eigenvalue weighted by molar-refractivity contribution is 6.30. The number of aliphatic carboxylic acids is 1. The molecule has 1 unspecified atom stereocenters. The summed E-state index contributed by atoms with van der Waals surface area (Å²) in [6.07, 6.45) is -2.16. The fourth-order valence-electron chi connectivity index (χ4n) is 1.13. The lowest BCUT2D eigenvalue weighted by atomic mass is 10.0. The fraction of sp³-hybridized carbons (Fsp3) is 0.333. The third kappa shape index (κ3) is 3.43. The van der Waals surface area contributed by atoms with Crippen LogP contribution in [0.4, 0.5) is 8.78 Å². The molecule has 6 heteroatoms. The number of hydrogen-bond donors (Lipinski definition) is 1. The van der Waals surface area contributed by atoms with Crippen molar-refractivity contribution in [1.82, 2.24) is 4.98 Å². The maximum absolute atomic E-state index is 12.5. The Labute approximate surface area is 89.7 Å². The fourth-order valence-corrected chi connectivity index (χ4v) is 1.30. The summed E-state index contributed by atoms with van der Waals surface area (Å²) < 4.78 is 25.1. The van der Waals surface area contributed by atoms with Crippen LogP contribution in [0.15, 0.2) is 18.3 Å². The Morgan fingerprint density at radius 1 is 1.60 bits per heavy atom. The quantitative estimate of drug-likeness (QED) is 0.873. The van der Waals surface area contributed by atoms with E-state index in [1.165, 1.54) is 18.3 Å². The predicted octanol–water partition coefficient (Wildman–Crippen LogP) is 2.56. The van der Waals surface area contributed by atoms with Gasteiger partial charge in [-0.25, -0.2) is 8.78 Å². The second-order valence-electron chi connectivity index (χ2n) is 2.94. The molecule has 1 N–H and O–H groups in total. The van der Waals surface area contributed by atoms with Gasteiger partial charge in [-0.2, -0.15) is 0 Å². The molecule has 1 aromatic rings. The number of pyridine rings is 1. The highest BCUT2D eigenvalue weighted by Gasteiger charge is 2.26. The van der Waals surface area contributed by atoms with E-state index in [9.17, 15) is 13.6 Å². The van der Waals surface area contributed by atoms with Crippen molar-refractivity contribution in [2.24, 2.45) is 0 Å². The van der Waals surface area contributed by atoms with Crippen molar-refractivity contribution in [2.75, 3.05) is 0 Å². The van der Waals surface area contributed by atoms with Gasteiger partial charge in [0.1, 0.15) is 0 Å². The molecule has 0 aliphatic carbocycles. The third-order valence-corrected chi connectivity index (χ3v) is 2.06. The van der Waals surface area contributed by atoms with Crippen molar-refractivity contribution < 1.29 is 18.7 Å². The van der Waals surface area contributed by atoms with Crippen molar-refractivity contribution in [1.29, 1.82) is 0 Å². The number of alkyl halides is 2. The van der Waals surface area contributed by atoms with Gasteiger partial charge >= 0.3 is 5.97 Å². The van der Waals surface area contributed by atoms with Gasteiger partial charge in [0.2, 0.25) is 6.43 Å². The third-order valence-electron chi connectivity index (χ3n) is 1.82. The van der Waals surface area contributed by atoms with E-state index in [4.69, 9.17) is 16.7 Å². The molecule has 1 aromatic heterocycles. The number of carbonyl (C=O) groups is 1. The Kier molecular flexibility index (Phi) is 3.96. The summed E-state index contributed by atoms with van der Waals surface area (Å²) in [6.45, 7) is 0. The minimum absolute atomic E-state index is 0.0000926. The minimum Gasteiger partial charge on any atom is -0.481 e. The second kappa shape index (κ2) is 5.02. The maximum atomic E-state index is 12.5. The maximum Gasteiger partial charge on any atom is 0.304 e. The second-order valence-corrected chi connectivity index (χ2v) is 3.37. The summed E-state index contributed by atoms with van der Waals surface area (Å²) >= 11 is 5.60. The van der Waals surface area contributed by atoms with E-state index in [1.807, 2.05) is 0 Å². The standard InChI is InChI=1S/C9H8ClF2NO2/c10-5-1-2-13-7(3-5)6(9(11)12)4-8(14)15/h1-3,6,9H,4H2,(H,14,15). The van der Waals surface area contributed by atoms with E-state index in [2.05, 4.69) is 4.98 Å². The zero-order valence-electron chi connectivity index (χ0n) is 7.53. The highest BCUT2D eigenvalue weighted by atomic mass is 35.5. The summed E-state index contributed by atoms with van der Waals surface area (Å²) in [5.74, 6) is -2.71. The van der Waals surface area contributed by atoms with E-state index in [0.717, 1.165) is 0 Å². The van der Waals surface area contributed by atoms with E-state index in [1.54, 1.807) is 0 Å². The number of rotatable bonds is 4. The molecule has 1 heterocycles. The lowest BCUT2D eigenvalue weighted by Gasteiger charge is -2.12. The Balaban J connectivity index is 2.93. The van der Waals surface area contributed by atoms with Crippen LogP contribution in [0.25, 0.3) is 0 Å². The van der Waals surface area contributed by atoms with E-state index < -0.39 is 24.7 Å². The topological polar surface area (TPSA) is 50.2 Å². The molecule has 0 bridgehead atoms. The van der Waals surface area contributed by atoms with E-state index in [0.29, 0.717) is 0 Å². The molecular formula is C9H8ClF2NO2. The number of aromatic nitrogens is 1. The Morgan fingerprint density at radius 3 is 2.73 bits per heavy atom. The number of halogens is 3. The first-order valence-corrected chi connectivity index (χ1v) is 4.50. The molecule has 0 aliphatic rings. The SMILES string of the molecule is O=C(O)CC(c1cc(Cl)ccn1)C(F)F. The molecule has 0 saturated carbocycles. The molecule has 0 saturated heterocycles. The predicted molar refractivity (Wildman–Crippen MR) is 50.2 cm³/mol. The van der Waals surface area contributed by atoms with Crippen LogP contribution in [0.3, 0.4) is 0 Å². The Bertz CT molecular complexity index is 360.